The van der Waals surface area contributed by atoms with Crippen LogP contribution in [0.2, 0.25) is 0 Å². The molecule has 8 heteroatoms. The van der Waals surface area contributed by atoms with Gasteiger partial charge in [-0.3, -0.25) is 10.1 Å². The molecule has 18 heavy (non-hydrogen) atoms. The summed E-state index contributed by atoms with van der Waals surface area (Å²) in [6.07, 6.45) is 1.26. The largest absolute Gasteiger partial charge is 0.618 e. The lowest BCUT2D eigenvalue weighted by atomic mass is 10.3. The van der Waals surface area contributed by atoms with Gasteiger partial charge in [-0.1, -0.05) is 11.3 Å². The zero-order chi connectivity index (χ0) is 13.0. The molecule has 0 aliphatic rings. The minimum atomic E-state index is -0.522. The number of carbonyl (C=O) groups excluding carboxylic acids is 1. The van der Waals surface area contributed by atoms with Gasteiger partial charge < -0.3 is 9.94 Å². The molecule has 2 rings (SSSR count). The van der Waals surface area contributed by atoms with Crippen LogP contribution in [0.5, 0.6) is 0 Å². The van der Waals surface area contributed by atoms with E-state index in [-0.39, 0.29) is 5.69 Å². The number of aromatic nitrogens is 3. The highest BCUT2D eigenvalue weighted by Crippen LogP contribution is 2.16. The summed E-state index contributed by atoms with van der Waals surface area (Å²) in [6, 6.07) is 4.59. The molecule has 0 aliphatic carbocycles. The van der Waals surface area contributed by atoms with Crippen molar-refractivity contribution in [2.45, 2.75) is 6.61 Å². The topological polar surface area (TPSA) is 91.1 Å². The smallest absolute Gasteiger partial charge is 0.323 e. The van der Waals surface area contributed by atoms with E-state index in [1.807, 2.05) is 0 Å². The maximum Gasteiger partial charge on any atom is 0.323 e. The van der Waals surface area contributed by atoms with Gasteiger partial charge >= 0.3 is 5.91 Å². The second kappa shape index (κ2) is 5.52. The van der Waals surface area contributed by atoms with E-state index >= 15 is 0 Å². The monoisotopic (exact) mass is 266 g/mol. The minimum absolute atomic E-state index is 0.000918. The molecule has 0 aliphatic heterocycles. The third kappa shape index (κ3) is 2.79. The van der Waals surface area contributed by atoms with Gasteiger partial charge in [-0.15, -0.1) is 10.2 Å². The number of hydrogen-bond acceptors (Lipinski definition) is 6. The molecule has 0 atom stereocenters. The van der Waals surface area contributed by atoms with Gasteiger partial charge in [0.1, 0.15) is 11.6 Å². The lowest BCUT2D eigenvalue weighted by Gasteiger charge is -2.02. The predicted molar refractivity (Wildman–Crippen MR) is 64.0 cm³/mol. The molecule has 0 saturated carbocycles. The quantitative estimate of drug-likeness (QED) is 0.645. The Morgan fingerprint density at radius 2 is 2.39 bits per heavy atom. The summed E-state index contributed by atoms with van der Waals surface area (Å²) in [5, 5.41) is 22.4. The number of nitrogens with one attached hydrogen (secondary N) is 1. The summed E-state index contributed by atoms with van der Waals surface area (Å²) in [4.78, 5) is 11.8. The van der Waals surface area contributed by atoms with Crippen molar-refractivity contribution in [1.82, 2.24) is 10.2 Å². The van der Waals surface area contributed by atoms with E-state index in [1.54, 1.807) is 19.2 Å². The van der Waals surface area contributed by atoms with Crippen LogP contribution in [0.25, 0.3) is 0 Å². The Hall–Kier alpha value is -2.06. The molecule has 2 aromatic rings. The first-order valence-corrected chi connectivity index (χ1v) is 5.83. The first kappa shape index (κ1) is 12.4. The van der Waals surface area contributed by atoms with Crippen LogP contribution in [0.3, 0.4) is 0 Å². The summed E-state index contributed by atoms with van der Waals surface area (Å²) in [5.74, 6) is -0.522. The Morgan fingerprint density at radius 3 is 3.11 bits per heavy atom. The normalized spacial score (nSPS) is 10.3. The van der Waals surface area contributed by atoms with Crippen LogP contribution >= 0.6 is 11.3 Å². The Bertz CT molecular complexity index is 558. The number of pyridine rings is 1. The molecule has 0 aromatic carbocycles. The van der Waals surface area contributed by atoms with Crippen LogP contribution in [0.15, 0.2) is 24.4 Å². The van der Waals surface area contributed by atoms with E-state index in [9.17, 15) is 10.0 Å². The van der Waals surface area contributed by atoms with E-state index in [0.717, 1.165) is 0 Å². The minimum Gasteiger partial charge on any atom is -0.618 e. The van der Waals surface area contributed by atoms with Crippen molar-refractivity contribution in [3.8, 4) is 0 Å². The number of anilines is 1. The third-order valence-electron chi connectivity index (χ3n) is 2.01. The lowest BCUT2D eigenvalue weighted by molar-refractivity contribution is -0.607. The molecule has 0 unspecified atom stereocenters. The lowest BCUT2D eigenvalue weighted by Crippen LogP contribution is -2.36. The van der Waals surface area contributed by atoms with Crippen molar-refractivity contribution in [2.24, 2.45) is 0 Å². The molecule has 2 aromatic heterocycles. The summed E-state index contributed by atoms with van der Waals surface area (Å²) in [5.41, 5.74) is 0.000918. The summed E-state index contributed by atoms with van der Waals surface area (Å²) in [7, 11) is 1.55. The fourth-order valence-electron chi connectivity index (χ4n) is 1.25. The fraction of sp³-hybridized carbons (Fsp3) is 0.200. The predicted octanol–water partition coefficient (Wildman–Crippen LogP) is 0.570. The molecule has 1 N–H and O–H groups in total. The van der Waals surface area contributed by atoms with Crippen LogP contribution in [0.4, 0.5) is 5.13 Å². The van der Waals surface area contributed by atoms with Crippen LogP contribution in [-0.2, 0) is 11.3 Å². The van der Waals surface area contributed by atoms with E-state index in [0.29, 0.717) is 21.5 Å². The van der Waals surface area contributed by atoms with Crippen molar-refractivity contribution >= 4 is 22.4 Å². The van der Waals surface area contributed by atoms with Crippen molar-refractivity contribution in [3.05, 3.63) is 40.3 Å². The Labute approximate surface area is 107 Å². The number of ether oxygens (including phenoxy) is 1. The number of amides is 1. The second-order valence-electron chi connectivity index (χ2n) is 3.30. The Kier molecular flexibility index (Phi) is 3.80. The van der Waals surface area contributed by atoms with Gasteiger partial charge in [-0.05, 0) is 6.07 Å². The van der Waals surface area contributed by atoms with E-state index in [4.69, 9.17) is 4.74 Å². The zero-order valence-corrected chi connectivity index (χ0v) is 10.3. The highest BCUT2D eigenvalue weighted by Gasteiger charge is 2.17. The first-order chi connectivity index (χ1) is 8.70. The molecule has 2 heterocycles. The summed E-state index contributed by atoms with van der Waals surface area (Å²) >= 11 is 1.20. The molecule has 0 bridgehead atoms. The van der Waals surface area contributed by atoms with Crippen molar-refractivity contribution in [1.29, 1.82) is 0 Å². The molecule has 94 valence electrons. The van der Waals surface area contributed by atoms with Gasteiger partial charge in [0.25, 0.3) is 5.69 Å². The van der Waals surface area contributed by atoms with E-state index in [2.05, 4.69) is 15.5 Å². The van der Waals surface area contributed by atoms with Gasteiger partial charge in [-0.25, -0.2) is 0 Å². The molecule has 7 nitrogen and oxygen atoms in total. The molecule has 0 fully saturated rings. The average molecular weight is 266 g/mol. The molecule has 0 spiro atoms. The van der Waals surface area contributed by atoms with Crippen molar-refractivity contribution in [2.75, 3.05) is 12.4 Å². The second-order valence-corrected chi connectivity index (χ2v) is 4.36. The Balaban J connectivity index is 2.09. The van der Waals surface area contributed by atoms with Gasteiger partial charge in [-0.2, -0.15) is 4.73 Å². The maximum atomic E-state index is 11.8. The van der Waals surface area contributed by atoms with Crippen LogP contribution in [0, 0.1) is 5.21 Å². The number of hydrogen-bond donors (Lipinski definition) is 1. The molecule has 1 amide bonds. The number of nitrogens with zero attached hydrogens (tertiary/aromatic N) is 3. The third-order valence-corrected chi connectivity index (χ3v) is 2.82. The van der Waals surface area contributed by atoms with Gasteiger partial charge in [0.2, 0.25) is 5.13 Å². The average Bonchev–Trinajstić information content (AvgIpc) is 2.77. The zero-order valence-electron chi connectivity index (χ0n) is 9.49. The van der Waals surface area contributed by atoms with Crippen LogP contribution in [-0.4, -0.2) is 23.2 Å². The highest BCUT2D eigenvalue weighted by molar-refractivity contribution is 7.15. The number of carbonyl (C=O) groups is 1. The first-order valence-electron chi connectivity index (χ1n) is 5.01. The maximum absolute atomic E-state index is 11.8. The summed E-state index contributed by atoms with van der Waals surface area (Å²) < 4.78 is 5.38. The van der Waals surface area contributed by atoms with Gasteiger partial charge in [0, 0.05) is 19.2 Å². The SMILES string of the molecule is COCc1nnc(NC(=O)c2cccc[n+]2[O-])s1. The van der Waals surface area contributed by atoms with Crippen molar-refractivity contribution < 1.29 is 14.3 Å². The van der Waals surface area contributed by atoms with Gasteiger partial charge in [0.15, 0.2) is 6.20 Å². The molecular formula is C10H10N4O3S. The van der Waals surface area contributed by atoms with Crippen LogP contribution in [0.1, 0.15) is 15.5 Å². The number of rotatable bonds is 4. The molecular weight excluding hydrogens is 256 g/mol. The molecule has 0 saturated heterocycles. The van der Waals surface area contributed by atoms with Crippen LogP contribution < -0.4 is 10.0 Å². The van der Waals surface area contributed by atoms with E-state index < -0.39 is 5.91 Å². The Morgan fingerprint density at radius 1 is 1.56 bits per heavy atom. The number of methoxy groups -OCH3 is 1. The molecule has 0 radical (unpaired) electrons. The van der Waals surface area contributed by atoms with Crippen molar-refractivity contribution in [3.63, 3.8) is 0 Å². The summed E-state index contributed by atoms with van der Waals surface area (Å²) in [6.45, 7) is 0.334. The van der Waals surface area contributed by atoms with Gasteiger partial charge in [0.05, 0.1) is 0 Å². The fourth-order valence-corrected chi connectivity index (χ4v) is 1.96. The van der Waals surface area contributed by atoms with E-state index in [1.165, 1.54) is 23.6 Å². The highest BCUT2D eigenvalue weighted by atomic mass is 32.1. The standard InChI is InChI=1S/C10H10N4O3S/c1-17-6-8-12-13-10(18-8)11-9(15)7-4-2-3-5-14(7)16/h2-5H,6H2,1H3,(H,11,13,15).